The Morgan fingerprint density at radius 2 is 1.65 bits per heavy atom. The second-order valence-corrected chi connectivity index (χ2v) is 5.50. The molecule has 1 N–H and O–H groups in total. The van der Waals surface area contributed by atoms with Crippen molar-refractivity contribution in [3.8, 4) is 11.5 Å². The second kappa shape index (κ2) is 8.22. The fraction of sp³-hybridized carbons (Fsp3) is 0.316. The number of benzene rings is 2. The number of rotatable bonds is 7. The highest BCUT2D eigenvalue weighted by Crippen LogP contribution is 2.22. The summed E-state index contributed by atoms with van der Waals surface area (Å²) in [7, 11) is 3.14. The predicted molar refractivity (Wildman–Crippen MR) is 91.2 cm³/mol. The molecule has 23 heavy (non-hydrogen) atoms. The van der Waals surface area contributed by atoms with Gasteiger partial charge in [0.05, 0.1) is 14.2 Å². The largest absolute Gasteiger partial charge is 0.497 e. The molecular formula is C19H23NO3. The predicted octanol–water partition coefficient (Wildman–Crippen LogP) is 3.45. The summed E-state index contributed by atoms with van der Waals surface area (Å²) in [5.74, 6) is 1.08. The molecule has 0 aromatic heterocycles. The van der Waals surface area contributed by atoms with Gasteiger partial charge in [0, 0.05) is 17.7 Å². The van der Waals surface area contributed by atoms with Gasteiger partial charge in [0.2, 0.25) is 0 Å². The molecule has 0 aliphatic carbocycles. The van der Waals surface area contributed by atoms with Gasteiger partial charge in [-0.1, -0.05) is 30.3 Å². The molecule has 0 fully saturated rings. The first-order chi connectivity index (χ1) is 11.1. The van der Waals surface area contributed by atoms with Crippen molar-refractivity contribution in [2.75, 3.05) is 14.2 Å². The maximum atomic E-state index is 12.4. The van der Waals surface area contributed by atoms with E-state index in [-0.39, 0.29) is 11.9 Å². The molecule has 4 nitrogen and oxygen atoms in total. The van der Waals surface area contributed by atoms with E-state index in [0.29, 0.717) is 17.1 Å². The van der Waals surface area contributed by atoms with Gasteiger partial charge in [-0.15, -0.1) is 0 Å². The smallest absolute Gasteiger partial charge is 0.251 e. The maximum Gasteiger partial charge on any atom is 0.251 e. The van der Waals surface area contributed by atoms with Crippen molar-refractivity contribution in [1.29, 1.82) is 0 Å². The number of hydrogen-bond acceptors (Lipinski definition) is 3. The summed E-state index contributed by atoms with van der Waals surface area (Å²) in [6.07, 6.45) is 1.82. The Morgan fingerprint density at radius 1 is 1.04 bits per heavy atom. The van der Waals surface area contributed by atoms with Crippen molar-refractivity contribution in [2.24, 2.45) is 0 Å². The highest BCUT2D eigenvalue weighted by atomic mass is 16.5. The van der Waals surface area contributed by atoms with Crippen molar-refractivity contribution in [1.82, 2.24) is 5.32 Å². The van der Waals surface area contributed by atoms with Gasteiger partial charge in [-0.3, -0.25) is 4.79 Å². The molecule has 2 rings (SSSR count). The topological polar surface area (TPSA) is 47.6 Å². The summed E-state index contributed by atoms with van der Waals surface area (Å²) in [5.41, 5.74) is 1.81. The SMILES string of the molecule is COc1cc(OC)cc(C(=O)N[C@@H](C)CCc2ccccc2)c1. The number of aryl methyl sites for hydroxylation is 1. The van der Waals surface area contributed by atoms with Crippen LogP contribution in [-0.4, -0.2) is 26.2 Å². The van der Waals surface area contributed by atoms with Crippen LogP contribution in [0.15, 0.2) is 48.5 Å². The summed E-state index contributed by atoms with van der Waals surface area (Å²) >= 11 is 0. The molecule has 1 amide bonds. The zero-order valence-electron chi connectivity index (χ0n) is 13.8. The van der Waals surface area contributed by atoms with Gasteiger partial charge in [0.1, 0.15) is 11.5 Å². The molecule has 1 atom stereocenters. The Morgan fingerprint density at radius 3 is 2.22 bits per heavy atom. The fourth-order valence-corrected chi connectivity index (χ4v) is 2.35. The number of ether oxygens (including phenoxy) is 2. The Bertz CT molecular complexity index is 618. The Kier molecular flexibility index (Phi) is 6.03. The molecule has 2 aromatic rings. The highest BCUT2D eigenvalue weighted by molar-refractivity contribution is 5.95. The van der Waals surface area contributed by atoms with Crippen molar-refractivity contribution in [2.45, 2.75) is 25.8 Å². The van der Waals surface area contributed by atoms with Crippen LogP contribution in [0.2, 0.25) is 0 Å². The molecule has 4 heteroatoms. The van der Waals surface area contributed by atoms with Crippen LogP contribution in [0.25, 0.3) is 0 Å². The minimum Gasteiger partial charge on any atom is -0.497 e. The van der Waals surface area contributed by atoms with E-state index in [9.17, 15) is 4.79 Å². The number of nitrogens with one attached hydrogen (secondary N) is 1. The highest BCUT2D eigenvalue weighted by Gasteiger charge is 2.12. The lowest BCUT2D eigenvalue weighted by Gasteiger charge is -2.15. The average molecular weight is 313 g/mol. The molecule has 0 unspecified atom stereocenters. The van der Waals surface area contributed by atoms with Crippen LogP contribution in [0.4, 0.5) is 0 Å². The fourth-order valence-electron chi connectivity index (χ4n) is 2.35. The summed E-state index contributed by atoms with van der Waals surface area (Å²) < 4.78 is 10.4. The van der Waals surface area contributed by atoms with Gasteiger partial charge in [0.15, 0.2) is 0 Å². The maximum absolute atomic E-state index is 12.4. The van der Waals surface area contributed by atoms with E-state index in [0.717, 1.165) is 12.8 Å². The Labute approximate surface area is 137 Å². The quantitative estimate of drug-likeness (QED) is 0.851. The van der Waals surface area contributed by atoms with Gasteiger partial charge in [-0.2, -0.15) is 0 Å². The molecule has 0 heterocycles. The van der Waals surface area contributed by atoms with Gasteiger partial charge in [0.25, 0.3) is 5.91 Å². The standard InChI is InChI=1S/C19H23NO3/c1-14(9-10-15-7-5-4-6-8-15)20-19(21)16-11-17(22-2)13-18(12-16)23-3/h4-8,11-14H,9-10H2,1-3H3,(H,20,21)/t14-/m0/s1. The van der Waals surface area contributed by atoms with Crippen LogP contribution < -0.4 is 14.8 Å². The summed E-state index contributed by atoms with van der Waals surface area (Å²) in [5, 5.41) is 3.02. The molecule has 0 aliphatic heterocycles. The van der Waals surface area contributed by atoms with E-state index >= 15 is 0 Å². The van der Waals surface area contributed by atoms with E-state index in [1.54, 1.807) is 32.4 Å². The van der Waals surface area contributed by atoms with Gasteiger partial charge < -0.3 is 14.8 Å². The van der Waals surface area contributed by atoms with Crippen LogP contribution in [0.3, 0.4) is 0 Å². The third-order valence-electron chi connectivity index (χ3n) is 3.70. The van der Waals surface area contributed by atoms with Crippen molar-refractivity contribution < 1.29 is 14.3 Å². The van der Waals surface area contributed by atoms with Crippen molar-refractivity contribution in [3.63, 3.8) is 0 Å². The van der Waals surface area contributed by atoms with Gasteiger partial charge in [-0.05, 0) is 37.5 Å². The first-order valence-electron chi connectivity index (χ1n) is 7.70. The minimum absolute atomic E-state index is 0.0832. The minimum atomic E-state index is -0.122. The van der Waals surface area contributed by atoms with Crippen molar-refractivity contribution in [3.05, 3.63) is 59.7 Å². The summed E-state index contributed by atoms with van der Waals surface area (Å²) in [4.78, 5) is 12.4. The zero-order chi connectivity index (χ0) is 16.7. The molecular weight excluding hydrogens is 290 g/mol. The van der Waals surface area contributed by atoms with E-state index in [2.05, 4.69) is 17.4 Å². The second-order valence-electron chi connectivity index (χ2n) is 5.50. The average Bonchev–Trinajstić information content (AvgIpc) is 2.60. The number of hydrogen-bond donors (Lipinski definition) is 1. The van der Waals surface area contributed by atoms with E-state index in [1.807, 2.05) is 25.1 Å². The molecule has 0 saturated carbocycles. The molecule has 0 aliphatic rings. The van der Waals surface area contributed by atoms with Crippen LogP contribution in [0.5, 0.6) is 11.5 Å². The monoisotopic (exact) mass is 313 g/mol. The number of carbonyl (C=O) groups is 1. The molecule has 0 spiro atoms. The summed E-state index contributed by atoms with van der Waals surface area (Å²) in [6.45, 7) is 2.01. The Balaban J connectivity index is 1.95. The number of carbonyl (C=O) groups excluding carboxylic acids is 1. The van der Waals surface area contributed by atoms with Gasteiger partial charge in [-0.25, -0.2) is 0 Å². The lowest BCUT2D eigenvalue weighted by molar-refractivity contribution is 0.0937. The number of amides is 1. The van der Waals surface area contributed by atoms with Crippen molar-refractivity contribution >= 4 is 5.91 Å². The van der Waals surface area contributed by atoms with Gasteiger partial charge >= 0.3 is 0 Å². The normalized spacial score (nSPS) is 11.6. The lowest BCUT2D eigenvalue weighted by atomic mass is 10.1. The molecule has 122 valence electrons. The third-order valence-corrected chi connectivity index (χ3v) is 3.70. The van der Waals surface area contributed by atoms with Crippen LogP contribution >= 0.6 is 0 Å². The Hall–Kier alpha value is -2.49. The molecule has 0 radical (unpaired) electrons. The van der Waals surface area contributed by atoms with Crippen LogP contribution in [0.1, 0.15) is 29.3 Å². The molecule has 0 saturated heterocycles. The summed E-state index contributed by atoms with van der Waals surface area (Å²) in [6, 6.07) is 15.5. The lowest BCUT2D eigenvalue weighted by Crippen LogP contribution is -2.32. The zero-order valence-corrected chi connectivity index (χ0v) is 13.8. The first-order valence-corrected chi connectivity index (χ1v) is 7.70. The third kappa shape index (κ3) is 5.02. The van der Waals surface area contributed by atoms with Crippen LogP contribution in [-0.2, 0) is 6.42 Å². The first kappa shape index (κ1) is 16.9. The van der Waals surface area contributed by atoms with E-state index < -0.39 is 0 Å². The van der Waals surface area contributed by atoms with E-state index in [1.165, 1.54) is 5.56 Å². The molecule has 0 bridgehead atoms. The molecule has 2 aromatic carbocycles. The van der Waals surface area contributed by atoms with Crippen LogP contribution in [0, 0.1) is 0 Å². The number of methoxy groups -OCH3 is 2. The van der Waals surface area contributed by atoms with E-state index in [4.69, 9.17) is 9.47 Å².